The molecule has 82 heavy (non-hydrogen) atoms. The Labute approximate surface area is 491 Å². The lowest BCUT2D eigenvalue weighted by atomic mass is 9.96. The Morgan fingerprint density at radius 3 is 1.22 bits per heavy atom. The van der Waals surface area contributed by atoms with Gasteiger partial charge in [-0.05, 0) is 44.9 Å². The van der Waals surface area contributed by atoms with Gasteiger partial charge >= 0.3 is 0 Å². The Kier molecular flexibility index (Phi) is 41.8. The molecule has 12 N–H and O–H groups in total. The number of rotatable bonds is 48. The van der Waals surface area contributed by atoms with Crippen molar-refractivity contribution in [2.24, 2.45) is 0 Å². The Hall–Kier alpha value is -1.99. The number of carbonyl (C=O) groups is 1. The van der Waals surface area contributed by atoms with Crippen LogP contribution in [0.5, 0.6) is 0 Å². The second kappa shape index (κ2) is 46.2. The highest BCUT2D eigenvalue weighted by Gasteiger charge is 2.53. The van der Waals surface area contributed by atoms with Crippen LogP contribution in [-0.2, 0) is 33.2 Å². The maximum atomic E-state index is 13.2. The van der Waals surface area contributed by atoms with Crippen LogP contribution >= 0.6 is 0 Å². The molecule has 3 aliphatic heterocycles. The molecule has 17 unspecified atom stereocenters. The minimum atomic E-state index is -1.98. The molecule has 0 radical (unpaired) electrons. The van der Waals surface area contributed by atoms with Crippen LogP contribution in [0.4, 0.5) is 0 Å². The molecular weight excluding hydrogens is 1060 g/mol. The second-order valence-electron chi connectivity index (χ2n) is 23.2. The van der Waals surface area contributed by atoms with Gasteiger partial charge in [0.05, 0.1) is 38.6 Å². The minimum absolute atomic E-state index is 0.233. The predicted octanol–water partition coefficient (Wildman–Crippen LogP) is 6.88. The number of ether oxygens (including phenoxy) is 6. The topological polar surface area (TPSA) is 307 Å². The SMILES string of the molecule is CCCCCCCCCCCCCCCCCCCC/C=C/CC/C=C/CC/C=C/C(O)C(COC1OC(CO)C(OC2OC(CO)C(OC3OC(CO)C(O)C(O)C3O)C(O)C2O)C(O)C1O)NC(=O)CCCCCCCCCCC. The van der Waals surface area contributed by atoms with E-state index in [1.807, 2.05) is 6.08 Å². The fraction of sp³-hybridized carbons (Fsp3) is 0.889. The van der Waals surface area contributed by atoms with Gasteiger partial charge in [-0.1, -0.05) is 211 Å². The molecule has 480 valence electrons. The first-order valence-corrected chi connectivity index (χ1v) is 32.2. The molecule has 3 fully saturated rings. The van der Waals surface area contributed by atoms with Gasteiger partial charge in [0, 0.05) is 6.42 Å². The molecule has 19 nitrogen and oxygen atoms in total. The molecule has 0 aromatic heterocycles. The van der Waals surface area contributed by atoms with Crippen LogP contribution in [-0.4, -0.2) is 193 Å². The molecule has 3 heterocycles. The van der Waals surface area contributed by atoms with Crippen molar-refractivity contribution in [3.8, 4) is 0 Å². The van der Waals surface area contributed by atoms with Gasteiger partial charge in [-0.15, -0.1) is 0 Å². The predicted molar refractivity (Wildman–Crippen MR) is 314 cm³/mol. The molecule has 3 aliphatic rings. The third kappa shape index (κ3) is 29.1. The monoisotopic (exact) mass is 1170 g/mol. The van der Waals surface area contributed by atoms with Crippen LogP contribution in [0.15, 0.2) is 36.5 Å². The van der Waals surface area contributed by atoms with E-state index in [1.54, 1.807) is 6.08 Å². The Morgan fingerprint density at radius 1 is 0.427 bits per heavy atom. The van der Waals surface area contributed by atoms with Crippen molar-refractivity contribution in [3.05, 3.63) is 36.5 Å². The zero-order valence-electron chi connectivity index (χ0n) is 50.2. The number of nitrogens with one attached hydrogen (secondary N) is 1. The van der Waals surface area contributed by atoms with E-state index in [4.69, 9.17) is 28.4 Å². The van der Waals surface area contributed by atoms with Gasteiger partial charge in [0.1, 0.15) is 73.2 Å². The molecule has 0 spiro atoms. The molecule has 0 aromatic carbocycles. The summed E-state index contributed by atoms with van der Waals surface area (Å²) in [7, 11) is 0. The number of aliphatic hydroxyl groups is 11. The molecule has 0 aliphatic carbocycles. The quantitative estimate of drug-likeness (QED) is 0.0218. The van der Waals surface area contributed by atoms with E-state index < -0.39 is 124 Å². The van der Waals surface area contributed by atoms with Crippen molar-refractivity contribution in [3.63, 3.8) is 0 Å². The normalized spacial score (nSPS) is 29.8. The molecular formula is C63H115NO18. The van der Waals surface area contributed by atoms with Gasteiger partial charge in [0.15, 0.2) is 18.9 Å². The first-order chi connectivity index (χ1) is 39.8. The number of aliphatic hydroxyl groups excluding tert-OH is 11. The van der Waals surface area contributed by atoms with Crippen molar-refractivity contribution in [1.29, 1.82) is 0 Å². The van der Waals surface area contributed by atoms with E-state index in [0.717, 1.165) is 44.9 Å². The molecule has 1 amide bonds. The number of carbonyl (C=O) groups excluding carboxylic acids is 1. The molecule has 19 heteroatoms. The number of hydrogen-bond donors (Lipinski definition) is 12. The van der Waals surface area contributed by atoms with Gasteiger partial charge in [-0.2, -0.15) is 0 Å². The van der Waals surface area contributed by atoms with E-state index in [-0.39, 0.29) is 18.9 Å². The number of allylic oxidation sites excluding steroid dienone is 5. The van der Waals surface area contributed by atoms with E-state index in [2.05, 4.69) is 43.5 Å². The summed E-state index contributed by atoms with van der Waals surface area (Å²) >= 11 is 0. The molecule has 17 atom stereocenters. The standard InChI is InChI=1S/C63H115NO18/c1-3-5-7-9-11-13-14-15-16-17-18-19-20-21-22-23-24-25-26-27-28-29-30-31-33-34-36-38-40-47(68)46(64-51(69)41-39-37-35-32-12-10-8-6-4-2)45-77-61-57(75)54(72)59(49(43-66)79-61)82-63-58(76)55(73)60(50(44-67)80-63)81-62-56(74)53(71)52(70)48(42-65)78-62/h27-28,31,33,38,40,46-50,52-63,65-68,70-76H,3-26,29-30,32,34-37,39,41-45H2,1-2H3,(H,64,69)/b28-27+,33-31+,40-38+. The number of hydrogen-bond acceptors (Lipinski definition) is 18. The smallest absolute Gasteiger partial charge is 0.220 e. The van der Waals surface area contributed by atoms with Crippen LogP contribution in [0.25, 0.3) is 0 Å². The summed E-state index contributed by atoms with van der Waals surface area (Å²) in [5.74, 6) is -0.293. The summed E-state index contributed by atoms with van der Waals surface area (Å²) < 4.78 is 34.2. The lowest BCUT2D eigenvalue weighted by Crippen LogP contribution is -2.66. The third-order valence-electron chi connectivity index (χ3n) is 16.2. The Bertz CT molecular complexity index is 1640. The van der Waals surface area contributed by atoms with Gasteiger partial charge < -0.3 is 89.9 Å². The fourth-order valence-corrected chi connectivity index (χ4v) is 10.9. The highest BCUT2D eigenvalue weighted by molar-refractivity contribution is 5.76. The average Bonchev–Trinajstić information content (AvgIpc) is 3.49. The summed E-state index contributed by atoms with van der Waals surface area (Å²) in [6.07, 6.45) is 24.6. The maximum Gasteiger partial charge on any atom is 0.220 e. The fourth-order valence-electron chi connectivity index (χ4n) is 10.9. The van der Waals surface area contributed by atoms with Crippen molar-refractivity contribution in [2.75, 3.05) is 26.4 Å². The molecule has 0 bridgehead atoms. The van der Waals surface area contributed by atoms with Crippen molar-refractivity contribution in [2.45, 2.75) is 330 Å². The lowest BCUT2D eigenvalue weighted by Gasteiger charge is -2.48. The zero-order valence-corrected chi connectivity index (χ0v) is 50.2. The van der Waals surface area contributed by atoms with Gasteiger partial charge in [0.2, 0.25) is 5.91 Å². The first-order valence-electron chi connectivity index (χ1n) is 32.2. The highest BCUT2D eigenvalue weighted by atomic mass is 16.8. The van der Waals surface area contributed by atoms with E-state index in [0.29, 0.717) is 12.8 Å². The Balaban J connectivity index is 1.43. The van der Waals surface area contributed by atoms with Crippen LogP contribution in [0.2, 0.25) is 0 Å². The number of unbranched alkanes of at least 4 members (excludes halogenated alkanes) is 28. The second-order valence-corrected chi connectivity index (χ2v) is 23.2. The van der Waals surface area contributed by atoms with Crippen LogP contribution < -0.4 is 5.32 Å². The molecule has 0 saturated carbocycles. The van der Waals surface area contributed by atoms with E-state index in [9.17, 15) is 61.0 Å². The van der Waals surface area contributed by atoms with Crippen LogP contribution in [0.3, 0.4) is 0 Å². The van der Waals surface area contributed by atoms with E-state index in [1.165, 1.54) is 148 Å². The molecule has 3 saturated heterocycles. The van der Waals surface area contributed by atoms with Crippen molar-refractivity contribution >= 4 is 5.91 Å². The molecule has 0 aromatic rings. The summed E-state index contributed by atoms with van der Waals surface area (Å²) in [4.78, 5) is 13.2. The maximum absolute atomic E-state index is 13.2. The Morgan fingerprint density at radius 2 is 0.780 bits per heavy atom. The van der Waals surface area contributed by atoms with Gasteiger partial charge in [0.25, 0.3) is 0 Å². The zero-order chi connectivity index (χ0) is 59.7. The largest absolute Gasteiger partial charge is 0.394 e. The molecule has 3 rings (SSSR count). The van der Waals surface area contributed by atoms with Crippen LogP contribution in [0.1, 0.15) is 226 Å². The number of amides is 1. The van der Waals surface area contributed by atoms with Crippen molar-refractivity contribution < 1.29 is 89.4 Å². The average molecular weight is 1170 g/mol. The van der Waals surface area contributed by atoms with Gasteiger partial charge in [-0.3, -0.25) is 4.79 Å². The van der Waals surface area contributed by atoms with Crippen molar-refractivity contribution in [1.82, 2.24) is 5.32 Å². The first kappa shape index (κ1) is 74.3. The minimum Gasteiger partial charge on any atom is -0.394 e. The van der Waals surface area contributed by atoms with E-state index >= 15 is 0 Å². The lowest BCUT2D eigenvalue weighted by molar-refractivity contribution is -0.379. The van der Waals surface area contributed by atoms with Gasteiger partial charge in [-0.25, -0.2) is 0 Å². The summed E-state index contributed by atoms with van der Waals surface area (Å²) in [6.45, 7) is 1.67. The third-order valence-corrected chi connectivity index (χ3v) is 16.2. The van der Waals surface area contributed by atoms with Crippen LogP contribution in [0, 0.1) is 0 Å². The summed E-state index contributed by atoms with van der Waals surface area (Å²) in [5.41, 5.74) is 0. The highest BCUT2D eigenvalue weighted by Crippen LogP contribution is 2.33. The summed E-state index contributed by atoms with van der Waals surface area (Å²) in [5, 5.41) is 120. The summed E-state index contributed by atoms with van der Waals surface area (Å²) in [6, 6.07) is -0.992.